The van der Waals surface area contributed by atoms with Gasteiger partial charge in [0.1, 0.15) is 17.7 Å². The minimum absolute atomic E-state index is 0.0000571. The van der Waals surface area contributed by atoms with Crippen molar-refractivity contribution in [1.82, 2.24) is 0 Å². The van der Waals surface area contributed by atoms with Crippen LogP contribution in [-0.2, 0) is 0 Å². The van der Waals surface area contributed by atoms with Gasteiger partial charge in [0.25, 0.3) is 0 Å². The molecule has 0 fully saturated rings. The first-order chi connectivity index (χ1) is 8.61. The van der Waals surface area contributed by atoms with Crippen LogP contribution >= 0.6 is 11.6 Å². The van der Waals surface area contributed by atoms with Gasteiger partial charge >= 0.3 is 0 Å². The van der Waals surface area contributed by atoms with Crippen molar-refractivity contribution in [3.8, 4) is 5.75 Å². The quantitative estimate of drug-likeness (QED) is 0.920. The fourth-order valence-corrected chi connectivity index (χ4v) is 1.85. The molecule has 0 aliphatic carbocycles. The van der Waals surface area contributed by atoms with Crippen molar-refractivity contribution in [2.45, 2.75) is 6.10 Å². The second-order valence-corrected chi connectivity index (χ2v) is 4.26. The van der Waals surface area contributed by atoms with Gasteiger partial charge in [-0.05, 0) is 35.4 Å². The van der Waals surface area contributed by atoms with E-state index in [0.717, 1.165) is 0 Å². The van der Waals surface area contributed by atoms with E-state index in [9.17, 15) is 9.50 Å². The molecule has 0 aliphatic heterocycles. The second-order valence-electron chi connectivity index (χ2n) is 3.85. The molecule has 0 amide bonds. The number of methoxy groups -OCH3 is 1. The normalized spacial score (nSPS) is 12.2. The zero-order valence-corrected chi connectivity index (χ0v) is 10.5. The molecule has 0 aromatic heterocycles. The van der Waals surface area contributed by atoms with E-state index in [1.807, 2.05) is 0 Å². The summed E-state index contributed by atoms with van der Waals surface area (Å²) in [7, 11) is 1.57. The molecule has 0 saturated heterocycles. The van der Waals surface area contributed by atoms with Crippen molar-refractivity contribution < 1.29 is 14.2 Å². The molecule has 4 heteroatoms. The molecule has 0 spiro atoms. The summed E-state index contributed by atoms with van der Waals surface area (Å²) in [5.74, 6) is 0.213. The molecule has 0 heterocycles. The average Bonchev–Trinajstić information content (AvgIpc) is 2.41. The highest BCUT2D eigenvalue weighted by Gasteiger charge is 2.12. The Kier molecular flexibility index (Phi) is 3.84. The van der Waals surface area contributed by atoms with Crippen LogP contribution in [0.4, 0.5) is 4.39 Å². The zero-order chi connectivity index (χ0) is 13.1. The molecule has 1 N–H and O–H groups in total. The predicted octanol–water partition coefficient (Wildman–Crippen LogP) is 3.57. The van der Waals surface area contributed by atoms with E-state index in [-0.39, 0.29) is 5.02 Å². The van der Waals surface area contributed by atoms with Gasteiger partial charge in [-0.25, -0.2) is 4.39 Å². The molecule has 0 radical (unpaired) electrons. The maximum Gasteiger partial charge on any atom is 0.141 e. The number of aliphatic hydroxyl groups is 1. The topological polar surface area (TPSA) is 29.5 Å². The van der Waals surface area contributed by atoms with Crippen molar-refractivity contribution in [3.63, 3.8) is 0 Å². The van der Waals surface area contributed by atoms with Gasteiger partial charge in [-0.3, -0.25) is 0 Å². The Hall–Kier alpha value is -1.58. The Morgan fingerprint density at radius 2 is 1.72 bits per heavy atom. The van der Waals surface area contributed by atoms with Crippen molar-refractivity contribution in [2.24, 2.45) is 0 Å². The fourth-order valence-electron chi connectivity index (χ4n) is 1.66. The highest BCUT2D eigenvalue weighted by atomic mass is 35.5. The van der Waals surface area contributed by atoms with E-state index in [2.05, 4.69) is 0 Å². The van der Waals surface area contributed by atoms with Gasteiger partial charge in [0.05, 0.1) is 12.1 Å². The smallest absolute Gasteiger partial charge is 0.141 e. The van der Waals surface area contributed by atoms with Crippen LogP contribution < -0.4 is 4.74 Å². The van der Waals surface area contributed by atoms with Gasteiger partial charge < -0.3 is 9.84 Å². The van der Waals surface area contributed by atoms with E-state index in [1.165, 1.54) is 18.2 Å². The van der Waals surface area contributed by atoms with E-state index in [4.69, 9.17) is 16.3 Å². The van der Waals surface area contributed by atoms with Gasteiger partial charge in [-0.15, -0.1) is 0 Å². The third kappa shape index (κ3) is 2.63. The van der Waals surface area contributed by atoms with Crippen LogP contribution in [0.5, 0.6) is 5.75 Å². The third-order valence-corrected chi connectivity index (χ3v) is 2.98. The van der Waals surface area contributed by atoms with E-state index in [1.54, 1.807) is 31.4 Å². The molecule has 0 saturated carbocycles. The number of benzene rings is 2. The van der Waals surface area contributed by atoms with Gasteiger partial charge in [0, 0.05) is 0 Å². The van der Waals surface area contributed by atoms with Crippen molar-refractivity contribution >= 4 is 11.6 Å². The first kappa shape index (κ1) is 12.9. The Bertz CT molecular complexity index is 540. The largest absolute Gasteiger partial charge is 0.497 e. The molecular weight excluding hydrogens is 255 g/mol. The lowest BCUT2D eigenvalue weighted by Crippen LogP contribution is -2.00. The van der Waals surface area contributed by atoms with E-state index < -0.39 is 11.9 Å². The van der Waals surface area contributed by atoms with E-state index in [0.29, 0.717) is 16.9 Å². The minimum atomic E-state index is -0.839. The number of hydrogen-bond acceptors (Lipinski definition) is 2. The van der Waals surface area contributed by atoms with Gasteiger partial charge in [-0.1, -0.05) is 29.8 Å². The van der Waals surface area contributed by atoms with Gasteiger partial charge in [-0.2, -0.15) is 0 Å². The van der Waals surface area contributed by atoms with Crippen LogP contribution in [0.2, 0.25) is 5.02 Å². The van der Waals surface area contributed by atoms with Crippen LogP contribution in [0.25, 0.3) is 0 Å². The molecular formula is C14H12ClFO2. The summed E-state index contributed by atoms with van der Waals surface area (Å²) in [4.78, 5) is 0. The standard InChI is InChI=1S/C14H12ClFO2/c1-18-11-5-2-9(3-6-11)14(17)10-4-7-13(16)12(15)8-10/h2-8,14,17H,1H3. The van der Waals surface area contributed by atoms with Crippen molar-refractivity contribution in [1.29, 1.82) is 0 Å². The first-order valence-corrected chi connectivity index (χ1v) is 5.76. The number of ether oxygens (including phenoxy) is 1. The molecule has 0 aliphatic rings. The number of aliphatic hydroxyl groups excluding tert-OH is 1. The fraction of sp³-hybridized carbons (Fsp3) is 0.143. The van der Waals surface area contributed by atoms with Gasteiger partial charge in [0.15, 0.2) is 0 Å². The monoisotopic (exact) mass is 266 g/mol. The third-order valence-electron chi connectivity index (χ3n) is 2.69. The zero-order valence-electron chi connectivity index (χ0n) is 9.73. The van der Waals surface area contributed by atoms with Crippen LogP contribution in [0, 0.1) is 5.82 Å². The van der Waals surface area contributed by atoms with Crippen molar-refractivity contribution in [2.75, 3.05) is 7.11 Å². The molecule has 2 nitrogen and oxygen atoms in total. The summed E-state index contributed by atoms with van der Waals surface area (Å²) < 4.78 is 18.1. The Morgan fingerprint density at radius 1 is 1.11 bits per heavy atom. The Balaban J connectivity index is 2.28. The molecule has 0 bridgehead atoms. The highest BCUT2D eigenvalue weighted by Crippen LogP contribution is 2.26. The maximum atomic E-state index is 13.0. The lowest BCUT2D eigenvalue weighted by atomic mass is 10.0. The van der Waals surface area contributed by atoms with Crippen molar-refractivity contribution in [3.05, 3.63) is 64.4 Å². The molecule has 94 valence electrons. The SMILES string of the molecule is COc1ccc(C(O)c2ccc(F)c(Cl)c2)cc1. The van der Waals surface area contributed by atoms with Gasteiger partial charge in [0.2, 0.25) is 0 Å². The predicted molar refractivity (Wildman–Crippen MR) is 68.5 cm³/mol. The molecule has 2 aromatic carbocycles. The first-order valence-electron chi connectivity index (χ1n) is 5.39. The molecule has 2 aromatic rings. The minimum Gasteiger partial charge on any atom is -0.497 e. The molecule has 18 heavy (non-hydrogen) atoms. The Morgan fingerprint density at radius 3 is 2.28 bits per heavy atom. The van der Waals surface area contributed by atoms with Crippen LogP contribution in [0.1, 0.15) is 17.2 Å². The molecule has 1 unspecified atom stereocenters. The summed E-state index contributed by atoms with van der Waals surface area (Å²) in [5.41, 5.74) is 1.24. The average molecular weight is 267 g/mol. The summed E-state index contributed by atoms with van der Waals surface area (Å²) in [6.07, 6.45) is -0.839. The van der Waals surface area contributed by atoms with Crippen LogP contribution in [-0.4, -0.2) is 12.2 Å². The molecule has 2 rings (SSSR count). The maximum absolute atomic E-state index is 13.0. The van der Waals surface area contributed by atoms with Crippen LogP contribution in [0.3, 0.4) is 0 Å². The second kappa shape index (κ2) is 5.38. The van der Waals surface area contributed by atoms with Crippen LogP contribution in [0.15, 0.2) is 42.5 Å². The number of rotatable bonds is 3. The summed E-state index contributed by atoms with van der Waals surface area (Å²) in [6, 6.07) is 11.2. The number of hydrogen-bond donors (Lipinski definition) is 1. The lowest BCUT2D eigenvalue weighted by molar-refractivity contribution is 0.220. The van der Waals surface area contributed by atoms with E-state index >= 15 is 0 Å². The summed E-state index contributed by atoms with van der Waals surface area (Å²) in [5, 5.41) is 10.1. The number of halogens is 2. The lowest BCUT2D eigenvalue weighted by Gasteiger charge is -2.12. The summed E-state index contributed by atoms with van der Waals surface area (Å²) >= 11 is 5.69. The molecule has 1 atom stereocenters. The Labute approximate surface area is 110 Å². The summed E-state index contributed by atoms with van der Waals surface area (Å²) in [6.45, 7) is 0. The highest BCUT2D eigenvalue weighted by molar-refractivity contribution is 6.30.